The van der Waals surface area contributed by atoms with Crippen molar-refractivity contribution in [2.45, 2.75) is 13.0 Å². The van der Waals surface area contributed by atoms with Crippen LogP contribution in [0.1, 0.15) is 11.1 Å². The third kappa shape index (κ3) is 5.90. The number of hydrogen-bond donors (Lipinski definition) is 0. The van der Waals surface area contributed by atoms with Crippen molar-refractivity contribution in [3.8, 4) is 16.9 Å². The summed E-state index contributed by atoms with van der Waals surface area (Å²) in [5.41, 5.74) is 3.57. The summed E-state index contributed by atoms with van der Waals surface area (Å²) in [6.07, 6.45) is 1.46. The minimum absolute atomic E-state index is 0.0614. The Bertz CT molecular complexity index is 1020. The molecule has 0 aromatic heterocycles. The highest BCUT2D eigenvalue weighted by atomic mass is 32.2. The van der Waals surface area contributed by atoms with Crippen LogP contribution in [-0.4, -0.2) is 21.3 Å². The molecule has 0 aliphatic rings. The van der Waals surface area contributed by atoms with E-state index in [-0.39, 0.29) is 12.4 Å². The molecule has 28 heavy (non-hydrogen) atoms. The molecule has 3 aromatic carbocycles. The molecule has 0 radical (unpaired) electrons. The molecule has 3 rings (SSSR count). The van der Waals surface area contributed by atoms with Gasteiger partial charge in [-0.2, -0.15) is 8.42 Å². The van der Waals surface area contributed by atoms with Crippen molar-refractivity contribution >= 4 is 10.1 Å². The highest BCUT2D eigenvalue weighted by Crippen LogP contribution is 2.32. The van der Waals surface area contributed by atoms with Crippen LogP contribution >= 0.6 is 0 Å². The van der Waals surface area contributed by atoms with E-state index in [1.807, 2.05) is 48.5 Å². The van der Waals surface area contributed by atoms with E-state index in [9.17, 15) is 12.8 Å². The first-order valence-corrected chi connectivity index (χ1v) is 10.6. The average Bonchev–Trinajstić information content (AvgIpc) is 2.67. The zero-order valence-corrected chi connectivity index (χ0v) is 16.3. The summed E-state index contributed by atoms with van der Waals surface area (Å²) in [6, 6.07) is 21.6. The SMILES string of the molecule is CS(=O)(=O)OCCc1ccc(OCc2ccccc2)c(-c2ccc(F)cc2)c1. The molecule has 0 amide bonds. The molecule has 0 saturated heterocycles. The van der Waals surface area contributed by atoms with Crippen LogP contribution in [0.15, 0.2) is 72.8 Å². The van der Waals surface area contributed by atoms with Gasteiger partial charge in [-0.15, -0.1) is 0 Å². The van der Waals surface area contributed by atoms with Crippen molar-refractivity contribution in [2.75, 3.05) is 12.9 Å². The van der Waals surface area contributed by atoms with Gasteiger partial charge in [0.1, 0.15) is 18.2 Å². The summed E-state index contributed by atoms with van der Waals surface area (Å²) in [5.74, 6) is 0.358. The molecule has 0 aliphatic heterocycles. The average molecular weight is 400 g/mol. The topological polar surface area (TPSA) is 52.6 Å². The van der Waals surface area contributed by atoms with Gasteiger partial charge in [-0.1, -0.05) is 48.5 Å². The van der Waals surface area contributed by atoms with Crippen LogP contribution in [0.3, 0.4) is 0 Å². The summed E-state index contributed by atoms with van der Waals surface area (Å²) in [6.45, 7) is 0.470. The van der Waals surface area contributed by atoms with Crippen LogP contribution in [0.5, 0.6) is 5.75 Å². The standard InChI is InChI=1S/C22H21FO4S/c1-28(24,25)27-14-13-17-7-12-22(26-16-18-5-3-2-4-6-18)21(15-17)19-8-10-20(23)11-9-19/h2-12,15H,13-14,16H2,1H3. The Labute approximate surface area is 164 Å². The van der Waals surface area contributed by atoms with Crippen molar-refractivity contribution in [1.82, 2.24) is 0 Å². The van der Waals surface area contributed by atoms with Crippen LogP contribution in [0.2, 0.25) is 0 Å². The summed E-state index contributed by atoms with van der Waals surface area (Å²) < 4.78 is 46.4. The first-order valence-electron chi connectivity index (χ1n) is 8.81. The lowest BCUT2D eigenvalue weighted by molar-refractivity contribution is 0.307. The van der Waals surface area contributed by atoms with E-state index in [2.05, 4.69) is 0 Å². The minimum Gasteiger partial charge on any atom is -0.488 e. The van der Waals surface area contributed by atoms with Gasteiger partial charge in [0.05, 0.1) is 12.9 Å². The van der Waals surface area contributed by atoms with Crippen molar-refractivity contribution in [2.24, 2.45) is 0 Å². The lowest BCUT2D eigenvalue weighted by atomic mass is 10.0. The summed E-state index contributed by atoms with van der Waals surface area (Å²) in [7, 11) is -3.48. The lowest BCUT2D eigenvalue weighted by Gasteiger charge is -2.14. The van der Waals surface area contributed by atoms with Crippen LogP contribution in [0.25, 0.3) is 11.1 Å². The third-order valence-corrected chi connectivity index (χ3v) is 4.72. The van der Waals surface area contributed by atoms with Crippen molar-refractivity contribution < 1.29 is 21.7 Å². The van der Waals surface area contributed by atoms with Gasteiger partial charge in [0.2, 0.25) is 0 Å². The third-order valence-electron chi connectivity index (χ3n) is 4.12. The summed E-state index contributed by atoms with van der Waals surface area (Å²) >= 11 is 0. The molecule has 0 saturated carbocycles. The molecule has 6 heteroatoms. The lowest BCUT2D eigenvalue weighted by Crippen LogP contribution is -2.06. The summed E-state index contributed by atoms with van der Waals surface area (Å²) in [5, 5.41) is 0. The zero-order valence-electron chi connectivity index (χ0n) is 15.5. The van der Waals surface area contributed by atoms with Gasteiger partial charge < -0.3 is 4.74 Å². The molecule has 0 unspecified atom stereocenters. The molecule has 0 bridgehead atoms. The Kier molecular flexibility index (Phi) is 6.44. The zero-order chi connectivity index (χ0) is 20.0. The minimum atomic E-state index is -3.48. The van der Waals surface area contributed by atoms with Crippen molar-refractivity contribution in [1.29, 1.82) is 0 Å². The van der Waals surface area contributed by atoms with E-state index in [1.54, 1.807) is 12.1 Å². The number of halogens is 1. The first kappa shape index (κ1) is 20.0. The second-order valence-corrected chi connectivity index (χ2v) is 8.03. The van der Waals surface area contributed by atoms with Gasteiger partial charge in [-0.05, 0) is 47.4 Å². The highest BCUT2D eigenvalue weighted by molar-refractivity contribution is 7.85. The predicted molar refractivity (Wildman–Crippen MR) is 107 cm³/mol. The van der Waals surface area contributed by atoms with E-state index in [0.29, 0.717) is 18.8 Å². The fraction of sp³-hybridized carbons (Fsp3) is 0.182. The number of ether oxygens (including phenoxy) is 1. The maximum absolute atomic E-state index is 13.3. The molecule has 0 fully saturated rings. The molecule has 0 heterocycles. The Morgan fingerprint density at radius 2 is 1.61 bits per heavy atom. The number of rotatable bonds is 8. The van der Waals surface area contributed by atoms with Crippen LogP contribution in [-0.2, 0) is 27.3 Å². The van der Waals surface area contributed by atoms with E-state index >= 15 is 0 Å². The highest BCUT2D eigenvalue weighted by Gasteiger charge is 2.10. The van der Waals surface area contributed by atoms with Crippen LogP contribution < -0.4 is 4.74 Å². The van der Waals surface area contributed by atoms with Gasteiger partial charge in [0, 0.05) is 5.56 Å². The van der Waals surface area contributed by atoms with Crippen LogP contribution in [0, 0.1) is 5.82 Å². The van der Waals surface area contributed by atoms with E-state index in [1.165, 1.54) is 12.1 Å². The number of hydrogen-bond acceptors (Lipinski definition) is 4. The second-order valence-electron chi connectivity index (χ2n) is 6.39. The van der Waals surface area contributed by atoms with Gasteiger partial charge in [0.15, 0.2) is 0 Å². The second kappa shape index (κ2) is 8.99. The Hall–Kier alpha value is -2.70. The fourth-order valence-corrected chi connectivity index (χ4v) is 3.15. The Balaban J connectivity index is 1.84. The number of benzene rings is 3. The van der Waals surface area contributed by atoms with Crippen molar-refractivity contribution in [3.05, 3.63) is 89.7 Å². The van der Waals surface area contributed by atoms with Crippen molar-refractivity contribution in [3.63, 3.8) is 0 Å². The molecule has 0 spiro atoms. The molecule has 0 N–H and O–H groups in total. The smallest absolute Gasteiger partial charge is 0.264 e. The fourth-order valence-electron chi connectivity index (χ4n) is 2.76. The van der Waals surface area contributed by atoms with E-state index in [4.69, 9.17) is 8.92 Å². The summed E-state index contributed by atoms with van der Waals surface area (Å²) in [4.78, 5) is 0. The maximum atomic E-state index is 13.3. The van der Waals surface area contributed by atoms with Gasteiger partial charge >= 0.3 is 0 Å². The molecular formula is C22H21FO4S. The molecule has 146 valence electrons. The van der Waals surface area contributed by atoms with Gasteiger partial charge in [-0.3, -0.25) is 4.18 Å². The molecule has 0 aliphatic carbocycles. The van der Waals surface area contributed by atoms with Crippen LogP contribution in [0.4, 0.5) is 4.39 Å². The quantitative estimate of drug-likeness (QED) is 0.519. The van der Waals surface area contributed by atoms with E-state index < -0.39 is 10.1 Å². The first-order chi connectivity index (χ1) is 13.4. The van der Waals surface area contributed by atoms with Gasteiger partial charge in [-0.25, -0.2) is 4.39 Å². The maximum Gasteiger partial charge on any atom is 0.264 e. The largest absolute Gasteiger partial charge is 0.488 e. The normalized spacial score (nSPS) is 11.4. The molecule has 4 nitrogen and oxygen atoms in total. The van der Waals surface area contributed by atoms with E-state index in [0.717, 1.165) is 28.5 Å². The predicted octanol–water partition coefficient (Wildman–Crippen LogP) is 4.59. The molecule has 0 atom stereocenters. The Morgan fingerprint density at radius 1 is 0.893 bits per heavy atom. The Morgan fingerprint density at radius 3 is 2.29 bits per heavy atom. The van der Waals surface area contributed by atoms with Gasteiger partial charge in [0.25, 0.3) is 10.1 Å². The molecular weight excluding hydrogens is 379 g/mol. The monoisotopic (exact) mass is 400 g/mol. The molecule has 3 aromatic rings.